The largest absolute Gasteiger partial charge is 0.481 e. The van der Waals surface area contributed by atoms with E-state index in [4.69, 9.17) is 5.11 Å². The molecular weight excluding hydrogens is 206 g/mol. The van der Waals surface area contributed by atoms with E-state index in [9.17, 15) is 4.79 Å². The fraction of sp³-hybridized carbons (Fsp3) is 0.727. The first-order valence-electron chi connectivity index (χ1n) is 5.68. The summed E-state index contributed by atoms with van der Waals surface area (Å²) in [6.45, 7) is 1.97. The molecule has 0 unspecified atom stereocenters. The molecule has 90 valence electrons. The Kier molecular flexibility index (Phi) is 4.95. The van der Waals surface area contributed by atoms with Crippen LogP contribution in [-0.2, 0) is 18.3 Å². The molecule has 0 spiro atoms. The monoisotopic (exact) mass is 225 g/mol. The van der Waals surface area contributed by atoms with Gasteiger partial charge in [-0.25, -0.2) is 0 Å². The molecule has 0 saturated carbocycles. The second-order valence-corrected chi connectivity index (χ2v) is 4.05. The lowest BCUT2D eigenvalue weighted by Gasteiger charge is -2.02. The third-order valence-electron chi connectivity index (χ3n) is 2.69. The Bertz CT molecular complexity index is 327. The second kappa shape index (κ2) is 6.25. The normalized spacial score (nSPS) is 10.6. The van der Waals surface area contributed by atoms with E-state index in [-0.39, 0.29) is 6.42 Å². The van der Waals surface area contributed by atoms with E-state index in [2.05, 4.69) is 10.3 Å². The van der Waals surface area contributed by atoms with Crippen molar-refractivity contribution >= 4 is 5.97 Å². The lowest BCUT2D eigenvalue weighted by atomic mass is 10.1. The highest BCUT2D eigenvalue weighted by Gasteiger charge is 2.05. The highest BCUT2D eigenvalue weighted by atomic mass is 16.4. The van der Waals surface area contributed by atoms with Crippen LogP contribution in [0.5, 0.6) is 0 Å². The summed E-state index contributed by atoms with van der Waals surface area (Å²) in [5.74, 6) is -0.702. The summed E-state index contributed by atoms with van der Waals surface area (Å²) in [4.78, 5) is 10.3. The summed E-state index contributed by atoms with van der Waals surface area (Å²) in [7, 11) is 1.90. The SMILES string of the molecule is Cc1nnn(C)c1CCCCCCC(=O)O. The maximum Gasteiger partial charge on any atom is 0.303 e. The number of carboxylic acid groups (broad SMARTS) is 1. The quantitative estimate of drug-likeness (QED) is 0.717. The van der Waals surface area contributed by atoms with Crippen LogP contribution in [0.4, 0.5) is 0 Å². The molecule has 0 aliphatic rings. The van der Waals surface area contributed by atoms with Gasteiger partial charge in [-0.1, -0.05) is 18.1 Å². The van der Waals surface area contributed by atoms with Crippen molar-refractivity contribution in [1.82, 2.24) is 15.0 Å². The molecule has 0 amide bonds. The first-order valence-corrected chi connectivity index (χ1v) is 5.68. The van der Waals surface area contributed by atoms with Crippen molar-refractivity contribution in [2.75, 3.05) is 0 Å². The van der Waals surface area contributed by atoms with Crippen LogP contribution in [0, 0.1) is 6.92 Å². The minimum atomic E-state index is -0.702. The number of aromatic nitrogens is 3. The van der Waals surface area contributed by atoms with Gasteiger partial charge >= 0.3 is 5.97 Å². The molecule has 1 heterocycles. The number of carboxylic acids is 1. The molecule has 0 radical (unpaired) electrons. The first kappa shape index (κ1) is 12.7. The molecule has 1 aromatic heterocycles. The molecule has 0 aliphatic carbocycles. The lowest BCUT2D eigenvalue weighted by Crippen LogP contribution is -1.99. The predicted octanol–water partition coefficient (Wildman–Crippen LogP) is 1.70. The average Bonchev–Trinajstić information content (AvgIpc) is 2.53. The Morgan fingerprint density at radius 2 is 2.00 bits per heavy atom. The van der Waals surface area contributed by atoms with Crippen molar-refractivity contribution in [3.05, 3.63) is 11.4 Å². The maximum absolute atomic E-state index is 10.3. The van der Waals surface area contributed by atoms with Crippen molar-refractivity contribution in [3.8, 4) is 0 Å². The highest BCUT2D eigenvalue weighted by Crippen LogP contribution is 2.10. The average molecular weight is 225 g/mol. The van der Waals surface area contributed by atoms with Gasteiger partial charge in [-0.05, 0) is 26.2 Å². The van der Waals surface area contributed by atoms with Crippen LogP contribution in [0.2, 0.25) is 0 Å². The smallest absolute Gasteiger partial charge is 0.303 e. The third-order valence-corrected chi connectivity index (χ3v) is 2.69. The zero-order valence-electron chi connectivity index (χ0n) is 9.94. The molecule has 0 atom stereocenters. The molecule has 0 aliphatic heterocycles. The van der Waals surface area contributed by atoms with Crippen molar-refractivity contribution in [2.24, 2.45) is 7.05 Å². The molecule has 0 aromatic carbocycles. The second-order valence-electron chi connectivity index (χ2n) is 4.05. The molecule has 5 nitrogen and oxygen atoms in total. The van der Waals surface area contributed by atoms with Crippen LogP contribution in [0.15, 0.2) is 0 Å². The van der Waals surface area contributed by atoms with Gasteiger partial charge in [-0.2, -0.15) is 0 Å². The molecule has 1 aromatic rings. The fourth-order valence-corrected chi connectivity index (χ4v) is 1.74. The van der Waals surface area contributed by atoms with Gasteiger partial charge in [-0.3, -0.25) is 9.48 Å². The Morgan fingerprint density at radius 1 is 1.31 bits per heavy atom. The lowest BCUT2D eigenvalue weighted by molar-refractivity contribution is -0.137. The van der Waals surface area contributed by atoms with Gasteiger partial charge in [0.05, 0.1) is 11.4 Å². The molecule has 0 saturated heterocycles. The zero-order valence-corrected chi connectivity index (χ0v) is 9.94. The van der Waals surface area contributed by atoms with Crippen molar-refractivity contribution in [2.45, 2.75) is 45.4 Å². The molecule has 0 bridgehead atoms. The molecule has 1 rings (SSSR count). The van der Waals surface area contributed by atoms with E-state index in [1.807, 2.05) is 18.7 Å². The summed E-state index contributed by atoms with van der Waals surface area (Å²) in [5, 5.41) is 16.4. The molecule has 5 heteroatoms. The maximum atomic E-state index is 10.3. The number of unbranched alkanes of at least 4 members (excludes halogenated alkanes) is 3. The van der Waals surface area contributed by atoms with Gasteiger partial charge in [0.15, 0.2) is 0 Å². The molecule has 16 heavy (non-hydrogen) atoms. The van der Waals surface area contributed by atoms with Gasteiger partial charge in [-0.15, -0.1) is 5.10 Å². The summed E-state index contributed by atoms with van der Waals surface area (Å²) in [6.07, 6.45) is 5.16. The van der Waals surface area contributed by atoms with Gasteiger partial charge in [0, 0.05) is 13.5 Å². The van der Waals surface area contributed by atoms with E-state index >= 15 is 0 Å². The van der Waals surface area contributed by atoms with Gasteiger partial charge < -0.3 is 5.11 Å². The van der Waals surface area contributed by atoms with E-state index in [1.54, 1.807) is 0 Å². The number of aliphatic carboxylic acids is 1. The van der Waals surface area contributed by atoms with Crippen LogP contribution >= 0.6 is 0 Å². The van der Waals surface area contributed by atoms with Crippen LogP contribution in [0.3, 0.4) is 0 Å². The highest BCUT2D eigenvalue weighted by molar-refractivity contribution is 5.66. The predicted molar refractivity (Wildman–Crippen MR) is 60.2 cm³/mol. The van der Waals surface area contributed by atoms with Gasteiger partial charge in [0.25, 0.3) is 0 Å². The number of carbonyl (C=O) groups is 1. The van der Waals surface area contributed by atoms with E-state index in [1.165, 1.54) is 5.69 Å². The topological polar surface area (TPSA) is 68.0 Å². The number of nitrogens with zero attached hydrogens (tertiary/aromatic N) is 3. The van der Waals surface area contributed by atoms with Crippen LogP contribution in [-0.4, -0.2) is 26.1 Å². The summed E-state index contributed by atoms with van der Waals surface area (Å²) < 4.78 is 1.81. The van der Waals surface area contributed by atoms with Crippen molar-refractivity contribution in [1.29, 1.82) is 0 Å². The van der Waals surface area contributed by atoms with Gasteiger partial charge in [0.1, 0.15) is 0 Å². The van der Waals surface area contributed by atoms with E-state index < -0.39 is 5.97 Å². The molecule has 0 fully saturated rings. The standard InChI is InChI=1S/C11H19N3O2/c1-9-10(14(2)13-12-9)7-5-3-4-6-8-11(15)16/h3-8H2,1-2H3,(H,15,16). The minimum absolute atomic E-state index is 0.284. The Morgan fingerprint density at radius 3 is 2.56 bits per heavy atom. The summed E-state index contributed by atoms with van der Waals surface area (Å²) >= 11 is 0. The van der Waals surface area contributed by atoms with Crippen LogP contribution in [0.1, 0.15) is 43.5 Å². The molecular formula is C11H19N3O2. The Balaban J connectivity index is 2.14. The summed E-state index contributed by atoms with van der Waals surface area (Å²) in [5.41, 5.74) is 2.17. The summed E-state index contributed by atoms with van der Waals surface area (Å²) in [6, 6.07) is 0. The fourth-order valence-electron chi connectivity index (χ4n) is 1.74. The number of aryl methyl sites for hydroxylation is 2. The third kappa shape index (κ3) is 4.00. The number of hydrogen-bond donors (Lipinski definition) is 1. The van der Waals surface area contributed by atoms with Crippen LogP contribution in [0.25, 0.3) is 0 Å². The number of rotatable bonds is 7. The van der Waals surface area contributed by atoms with Crippen LogP contribution < -0.4 is 0 Å². The van der Waals surface area contributed by atoms with Gasteiger partial charge in [0.2, 0.25) is 0 Å². The molecule has 1 N–H and O–H groups in total. The first-order chi connectivity index (χ1) is 7.61. The van der Waals surface area contributed by atoms with Crippen molar-refractivity contribution in [3.63, 3.8) is 0 Å². The Hall–Kier alpha value is -1.39. The van der Waals surface area contributed by atoms with E-state index in [0.717, 1.165) is 37.8 Å². The Labute approximate surface area is 95.5 Å². The van der Waals surface area contributed by atoms with Crippen molar-refractivity contribution < 1.29 is 9.90 Å². The zero-order chi connectivity index (χ0) is 12.0. The number of hydrogen-bond acceptors (Lipinski definition) is 3. The minimum Gasteiger partial charge on any atom is -0.481 e. The van der Waals surface area contributed by atoms with E-state index in [0.29, 0.717) is 0 Å².